The molecule has 0 aliphatic rings. The average molecular weight is 261 g/mol. The molecule has 2 aromatic carbocycles. The van der Waals surface area contributed by atoms with Crippen LogP contribution >= 0.6 is 11.6 Å². The third-order valence-corrected chi connectivity index (χ3v) is 2.76. The molecule has 0 N–H and O–H groups in total. The van der Waals surface area contributed by atoms with Crippen LogP contribution in [0.5, 0.6) is 0 Å². The Hall–Kier alpha value is -1.80. The van der Waals surface area contributed by atoms with Gasteiger partial charge in [0.1, 0.15) is 0 Å². The fourth-order valence-electron chi connectivity index (χ4n) is 1.61. The average Bonchev–Trinajstić information content (AvgIpc) is 2.40. The number of rotatable bonds is 4. The molecule has 0 fully saturated rings. The minimum atomic E-state index is -0.339. The van der Waals surface area contributed by atoms with Gasteiger partial charge in [0, 0.05) is 11.4 Å². The minimum absolute atomic E-state index is 0.339. The molecular formula is C15H13ClO2. The first-order valence-corrected chi connectivity index (χ1v) is 6.10. The van der Waals surface area contributed by atoms with E-state index in [-0.39, 0.29) is 5.97 Å². The smallest absolute Gasteiger partial charge is 0.338 e. The van der Waals surface area contributed by atoms with E-state index in [4.69, 9.17) is 16.3 Å². The van der Waals surface area contributed by atoms with Gasteiger partial charge in [0.2, 0.25) is 0 Å². The highest BCUT2D eigenvalue weighted by Gasteiger charge is 2.06. The first-order chi connectivity index (χ1) is 8.75. The van der Waals surface area contributed by atoms with E-state index in [0.29, 0.717) is 23.6 Å². The van der Waals surface area contributed by atoms with E-state index in [1.54, 1.807) is 24.3 Å². The van der Waals surface area contributed by atoms with Crippen molar-refractivity contribution in [1.29, 1.82) is 0 Å². The van der Waals surface area contributed by atoms with Gasteiger partial charge in [-0.25, -0.2) is 4.79 Å². The number of hydrogen-bond acceptors (Lipinski definition) is 2. The molecule has 3 heteroatoms. The zero-order valence-corrected chi connectivity index (χ0v) is 10.6. The summed E-state index contributed by atoms with van der Waals surface area (Å²) in [7, 11) is 0. The van der Waals surface area contributed by atoms with E-state index < -0.39 is 0 Å². The van der Waals surface area contributed by atoms with Crippen molar-refractivity contribution < 1.29 is 9.53 Å². The van der Waals surface area contributed by atoms with Crippen LogP contribution in [0, 0.1) is 0 Å². The number of carbonyl (C=O) groups excluding carboxylic acids is 1. The zero-order valence-electron chi connectivity index (χ0n) is 9.80. The molecule has 0 aliphatic heterocycles. The number of benzene rings is 2. The highest BCUT2D eigenvalue weighted by Crippen LogP contribution is 2.11. The highest BCUT2D eigenvalue weighted by atomic mass is 35.5. The maximum Gasteiger partial charge on any atom is 0.338 e. The van der Waals surface area contributed by atoms with E-state index in [1.165, 1.54) is 0 Å². The van der Waals surface area contributed by atoms with Crippen molar-refractivity contribution in [3.63, 3.8) is 0 Å². The fourth-order valence-corrected chi connectivity index (χ4v) is 1.80. The molecule has 0 atom stereocenters. The van der Waals surface area contributed by atoms with Crippen LogP contribution in [-0.4, -0.2) is 12.6 Å². The van der Waals surface area contributed by atoms with Crippen LogP contribution in [0.25, 0.3) is 0 Å². The zero-order chi connectivity index (χ0) is 12.8. The van der Waals surface area contributed by atoms with Crippen LogP contribution < -0.4 is 0 Å². The van der Waals surface area contributed by atoms with E-state index in [9.17, 15) is 4.79 Å². The maximum atomic E-state index is 11.7. The van der Waals surface area contributed by atoms with Crippen LogP contribution in [0.1, 0.15) is 15.9 Å². The van der Waals surface area contributed by atoms with Crippen LogP contribution in [0.2, 0.25) is 5.02 Å². The fraction of sp³-hybridized carbons (Fsp3) is 0.133. The van der Waals surface area contributed by atoms with Gasteiger partial charge in [0.15, 0.2) is 0 Å². The van der Waals surface area contributed by atoms with Crippen molar-refractivity contribution in [2.45, 2.75) is 6.42 Å². The molecule has 2 aromatic rings. The molecule has 2 rings (SSSR count). The topological polar surface area (TPSA) is 26.3 Å². The summed E-state index contributed by atoms with van der Waals surface area (Å²) in [6.45, 7) is 0.370. The lowest BCUT2D eigenvalue weighted by atomic mass is 10.2. The molecule has 92 valence electrons. The van der Waals surface area contributed by atoms with Crippen molar-refractivity contribution >= 4 is 17.6 Å². The first kappa shape index (κ1) is 12.7. The molecule has 18 heavy (non-hydrogen) atoms. The van der Waals surface area contributed by atoms with Crippen LogP contribution in [0.3, 0.4) is 0 Å². The Labute approximate surface area is 111 Å². The summed E-state index contributed by atoms with van der Waals surface area (Å²) in [5.41, 5.74) is 1.63. The van der Waals surface area contributed by atoms with Gasteiger partial charge < -0.3 is 4.74 Å². The van der Waals surface area contributed by atoms with Crippen LogP contribution in [0.4, 0.5) is 0 Å². The molecular weight excluding hydrogens is 248 g/mol. The van der Waals surface area contributed by atoms with Crippen LogP contribution in [-0.2, 0) is 11.2 Å². The lowest BCUT2D eigenvalue weighted by Crippen LogP contribution is -2.08. The summed E-state index contributed by atoms with van der Waals surface area (Å²) in [6, 6.07) is 16.7. The van der Waals surface area contributed by atoms with E-state index in [2.05, 4.69) is 0 Å². The molecule has 0 saturated heterocycles. The number of hydrogen-bond donors (Lipinski definition) is 0. The third-order valence-electron chi connectivity index (χ3n) is 2.53. The van der Waals surface area contributed by atoms with Crippen molar-refractivity contribution in [2.24, 2.45) is 0 Å². The molecule has 0 radical (unpaired) electrons. The Morgan fingerprint density at radius 1 is 1.06 bits per heavy atom. The van der Waals surface area contributed by atoms with Crippen LogP contribution in [0.15, 0.2) is 54.6 Å². The Balaban J connectivity index is 1.86. The van der Waals surface area contributed by atoms with Gasteiger partial charge >= 0.3 is 5.97 Å². The van der Waals surface area contributed by atoms with Gasteiger partial charge in [-0.1, -0.05) is 48.0 Å². The summed E-state index contributed by atoms with van der Waals surface area (Å²) < 4.78 is 5.19. The Morgan fingerprint density at radius 3 is 2.56 bits per heavy atom. The molecule has 2 nitrogen and oxygen atoms in total. The summed E-state index contributed by atoms with van der Waals surface area (Å²) in [5.74, 6) is -0.339. The van der Waals surface area contributed by atoms with Gasteiger partial charge in [-0.15, -0.1) is 0 Å². The molecule has 0 spiro atoms. The molecule has 0 amide bonds. The molecule has 0 aromatic heterocycles. The monoisotopic (exact) mass is 260 g/mol. The summed E-state index contributed by atoms with van der Waals surface area (Å²) >= 11 is 5.81. The molecule has 0 aliphatic carbocycles. The largest absolute Gasteiger partial charge is 0.462 e. The quantitative estimate of drug-likeness (QED) is 0.783. The maximum absolute atomic E-state index is 11.7. The standard InChI is InChI=1S/C15H13ClO2/c16-14-8-4-7-13(11-14)15(17)18-10-9-12-5-2-1-3-6-12/h1-8,11H,9-10H2. The minimum Gasteiger partial charge on any atom is -0.462 e. The number of ether oxygens (including phenoxy) is 1. The van der Waals surface area contributed by atoms with Crippen molar-refractivity contribution in [3.8, 4) is 0 Å². The second kappa shape index (κ2) is 6.22. The van der Waals surface area contributed by atoms with Gasteiger partial charge in [-0.3, -0.25) is 0 Å². The predicted octanol–water partition coefficient (Wildman–Crippen LogP) is 3.74. The van der Waals surface area contributed by atoms with Gasteiger partial charge in [0.25, 0.3) is 0 Å². The number of halogens is 1. The Kier molecular flexibility index (Phi) is 4.37. The van der Waals surface area contributed by atoms with E-state index >= 15 is 0 Å². The summed E-state index contributed by atoms with van der Waals surface area (Å²) in [4.78, 5) is 11.7. The Morgan fingerprint density at radius 2 is 1.83 bits per heavy atom. The van der Waals surface area contributed by atoms with E-state index in [1.807, 2.05) is 30.3 Å². The van der Waals surface area contributed by atoms with Gasteiger partial charge in [-0.2, -0.15) is 0 Å². The Bertz CT molecular complexity index is 523. The highest BCUT2D eigenvalue weighted by molar-refractivity contribution is 6.30. The van der Waals surface area contributed by atoms with Gasteiger partial charge in [0.05, 0.1) is 12.2 Å². The van der Waals surface area contributed by atoms with Crippen molar-refractivity contribution in [2.75, 3.05) is 6.61 Å². The van der Waals surface area contributed by atoms with Crippen molar-refractivity contribution in [1.82, 2.24) is 0 Å². The molecule has 0 saturated carbocycles. The molecule has 0 bridgehead atoms. The SMILES string of the molecule is O=C(OCCc1ccccc1)c1cccc(Cl)c1. The third kappa shape index (κ3) is 3.60. The molecule has 0 heterocycles. The first-order valence-electron chi connectivity index (χ1n) is 5.72. The normalized spacial score (nSPS) is 10.1. The predicted molar refractivity (Wildman–Crippen MR) is 71.9 cm³/mol. The number of esters is 1. The van der Waals surface area contributed by atoms with Crippen molar-refractivity contribution in [3.05, 3.63) is 70.7 Å². The summed E-state index contributed by atoms with van der Waals surface area (Å²) in [6.07, 6.45) is 0.715. The lowest BCUT2D eigenvalue weighted by Gasteiger charge is -2.05. The van der Waals surface area contributed by atoms with E-state index in [0.717, 1.165) is 5.56 Å². The van der Waals surface area contributed by atoms with Gasteiger partial charge in [-0.05, 0) is 23.8 Å². The second-order valence-corrected chi connectivity index (χ2v) is 4.32. The lowest BCUT2D eigenvalue weighted by molar-refractivity contribution is 0.0509. The number of carbonyl (C=O) groups is 1. The second-order valence-electron chi connectivity index (χ2n) is 3.88. The summed E-state index contributed by atoms with van der Waals surface area (Å²) in [5, 5.41) is 0.535. The molecule has 0 unspecified atom stereocenters.